The molecule has 2 saturated carbocycles. The maximum Gasteiger partial charge on any atom is 0.0860 e. The zero-order valence-corrected chi connectivity index (χ0v) is 13.7. The molecule has 2 rings (SSSR count). The summed E-state index contributed by atoms with van der Waals surface area (Å²) in [7, 11) is 0. The summed E-state index contributed by atoms with van der Waals surface area (Å²) in [4.78, 5) is 0. The van der Waals surface area contributed by atoms with Gasteiger partial charge in [0.15, 0.2) is 0 Å². The summed E-state index contributed by atoms with van der Waals surface area (Å²) in [6.45, 7) is 9.12. The zero-order chi connectivity index (χ0) is 15.0. The van der Waals surface area contributed by atoms with Gasteiger partial charge in [-0.05, 0) is 68.6 Å². The van der Waals surface area contributed by atoms with Crippen molar-refractivity contribution in [2.24, 2.45) is 22.7 Å². The number of hydrogen-bond donors (Lipinski definition) is 1. The summed E-state index contributed by atoms with van der Waals surface area (Å²) in [5.74, 6) is 1.44. The van der Waals surface area contributed by atoms with E-state index in [1.165, 1.54) is 0 Å². The second-order valence-electron chi connectivity index (χ2n) is 8.47. The van der Waals surface area contributed by atoms with Crippen LogP contribution >= 0.6 is 0 Å². The van der Waals surface area contributed by atoms with Crippen LogP contribution in [0.5, 0.6) is 0 Å². The molecule has 0 amide bonds. The van der Waals surface area contributed by atoms with Gasteiger partial charge in [0.1, 0.15) is 0 Å². The number of rotatable bonds is 2. The van der Waals surface area contributed by atoms with Crippen molar-refractivity contribution in [3.05, 3.63) is 0 Å². The number of aliphatic hydroxyl groups is 1. The van der Waals surface area contributed by atoms with Crippen LogP contribution in [0.25, 0.3) is 0 Å². The Hall–Kier alpha value is -0.550. The van der Waals surface area contributed by atoms with Gasteiger partial charge in [-0.3, -0.25) is 0 Å². The summed E-state index contributed by atoms with van der Waals surface area (Å²) >= 11 is 0. The maximum atomic E-state index is 11.2. The van der Waals surface area contributed by atoms with E-state index >= 15 is 0 Å². The molecule has 0 aromatic heterocycles. The maximum absolute atomic E-state index is 11.2. The normalized spacial score (nSPS) is 36.5. The molecule has 0 saturated heterocycles. The first-order valence-electron chi connectivity index (χ1n) is 8.37. The summed E-state index contributed by atoms with van der Waals surface area (Å²) < 4.78 is 0. The number of nitrogens with zero attached hydrogens (tertiary/aromatic N) is 1. The lowest BCUT2D eigenvalue weighted by Crippen LogP contribution is -2.52. The smallest absolute Gasteiger partial charge is 0.0860 e. The molecule has 2 nitrogen and oxygen atoms in total. The van der Waals surface area contributed by atoms with Crippen LogP contribution in [-0.4, -0.2) is 10.7 Å². The van der Waals surface area contributed by atoms with Gasteiger partial charge in [0.05, 0.1) is 17.1 Å². The van der Waals surface area contributed by atoms with Crippen LogP contribution < -0.4 is 0 Å². The van der Waals surface area contributed by atoms with Crippen LogP contribution in [0.3, 0.4) is 0 Å². The van der Waals surface area contributed by atoms with Gasteiger partial charge in [-0.1, -0.05) is 27.7 Å². The highest BCUT2D eigenvalue weighted by Crippen LogP contribution is 2.55. The third kappa shape index (κ3) is 2.75. The largest absolute Gasteiger partial charge is 0.388 e. The molecule has 0 aromatic carbocycles. The minimum atomic E-state index is -0.737. The Morgan fingerprint density at radius 3 is 1.90 bits per heavy atom. The van der Waals surface area contributed by atoms with E-state index < -0.39 is 11.0 Å². The Morgan fingerprint density at radius 2 is 1.50 bits per heavy atom. The molecule has 0 heterocycles. The highest BCUT2D eigenvalue weighted by atomic mass is 16.3. The van der Waals surface area contributed by atoms with Gasteiger partial charge < -0.3 is 5.11 Å². The first kappa shape index (κ1) is 15.8. The second kappa shape index (κ2) is 5.34. The monoisotopic (exact) mass is 277 g/mol. The molecule has 0 aromatic rings. The molecule has 20 heavy (non-hydrogen) atoms. The Bertz CT molecular complexity index is 373. The lowest BCUT2D eigenvalue weighted by molar-refractivity contribution is -0.119. The second-order valence-corrected chi connectivity index (χ2v) is 8.47. The van der Waals surface area contributed by atoms with E-state index in [0.717, 1.165) is 57.3 Å². The van der Waals surface area contributed by atoms with Gasteiger partial charge in [0.25, 0.3) is 0 Å². The van der Waals surface area contributed by atoms with Crippen LogP contribution in [0.15, 0.2) is 0 Å². The van der Waals surface area contributed by atoms with E-state index in [2.05, 4.69) is 33.8 Å². The predicted molar refractivity (Wildman–Crippen MR) is 82.0 cm³/mol. The minimum Gasteiger partial charge on any atom is -0.388 e. The van der Waals surface area contributed by atoms with Crippen molar-refractivity contribution in [1.29, 1.82) is 5.26 Å². The molecule has 0 radical (unpaired) electrons. The summed E-state index contributed by atoms with van der Waals surface area (Å²) in [6.07, 6.45) is 7.70. The summed E-state index contributed by atoms with van der Waals surface area (Å²) in [5.41, 5.74) is -0.883. The van der Waals surface area contributed by atoms with Crippen molar-refractivity contribution in [1.82, 2.24) is 0 Å². The fourth-order valence-electron chi connectivity index (χ4n) is 4.30. The molecule has 2 aliphatic carbocycles. The van der Waals surface area contributed by atoms with E-state index in [4.69, 9.17) is 0 Å². The number of hydrogen-bond acceptors (Lipinski definition) is 2. The molecular weight excluding hydrogens is 246 g/mol. The third-order valence-electron chi connectivity index (χ3n) is 6.36. The van der Waals surface area contributed by atoms with Crippen molar-refractivity contribution in [2.75, 3.05) is 0 Å². The average molecular weight is 277 g/mol. The molecular formula is C18H31NO. The quantitative estimate of drug-likeness (QED) is 0.797. The van der Waals surface area contributed by atoms with E-state index in [0.29, 0.717) is 11.3 Å². The Balaban J connectivity index is 2.11. The first-order chi connectivity index (χ1) is 9.24. The fourth-order valence-corrected chi connectivity index (χ4v) is 4.30. The van der Waals surface area contributed by atoms with Crippen molar-refractivity contribution in [2.45, 2.75) is 84.7 Å². The third-order valence-corrected chi connectivity index (χ3v) is 6.36. The van der Waals surface area contributed by atoms with Crippen LogP contribution in [0.2, 0.25) is 0 Å². The van der Waals surface area contributed by atoms with Gasteiger partial charge in [-0.25, -0.2) is 0 Å². The zero-order valence-electron chi connectivity index (χ0n) is 13.7. The summed E-state index contributed by atoms with van der Waals surface area (Å²) in [5, 5.41) is 21.0. The van der Waals surface area contributed by atoms with Crippen molar-refractivity contribution in [3.63, 3.8) is 0 Å². The molecule has 2 aliphatic rings. The van der Waals surface area contributed by atoms with Gasteiger partial charge in [-0.15, -0.1) is 0 Å². The Kier molecular flexibility index (Phi) is 4.22. The highest BCUT2D eigenvalue weighted by Gasteiger charge is 2.54. The fraction of sp³-hybridized carbons (Fsp3) is 0.944. The van der Waals surface area contributed by atoms with Crippen LogP contribution in [0.1, 0.15) is 79.1 Å². The molecule has 0 atom stereocenters. The van der Waals surface area contributed by atoms with Gasteiger partial charge in [-0.2, -0.15) is 5.26 Å². The number of nitriles is 1. The molecule has 0 spiro atoms. The lowest BCUT2D eigenvalue weighted by atomic mass is 9.55. The summed E-state index contributed by atoms with van der Waals surface area (Å²) in [6, 6.07) is 2.56. The van der Waals surface area contributed by atoms with Crippen molar-refractivity contribution < 1.29 is 5.11 Å². The van der Waals surface area contributed by atoms with Gasteiger partial charge in [0, 0.05) is 0 Å². The Morgan fingerprint density at radius 1 is 1.00 bits per heavy atom. The minimum absolute atomic E-state index is 0.331. The molecule has 114 valence electrons. The van der Waals surface area contributed by atoms with E-state index in [1.54, 1.807) is 0 Å². The van der Waals surface area contributed by atoms with Crippen LogP contribution in [0, 0.1) is 34.0 Å². The Labute approximate surface area is 124 Å². The molecule has 0 unspecified atom stereocenters. The molecule has 2 heteroatoms. The molecule has 2 fully saturated rings. The standard InChI is InChI=1S/C18H31NO/c1-14(2)15-5-7-17(13-19,8-6-15)18(20)11-9-16(3,4)10-12-18/h14-15,20H,5-12H2,1-4H3. The molecule has 0 bridgehead atoms. The van der Waals surface area contributed by atoms with E-state index in [9.17, 15) is 10.4 Å². The van der Waals surface area contributed by atoms with Crippen LogP contribution in [0.4, 0.5) is 0 Å². The average Bonchev–Trinajstić information content (AvgIpc) is 2.42. The van der Waals surface area contributed by atoms with Crippen molar-refractivity contribution >= 4 is 0 Å². The van der Waals surface area contributed by atoms with Gasteiger partial charge >= 0.3 is 0 Å². The lowest BCUT2D eigenvalue weighted by Gasteiger charge is -2.51. The van der Waals surface area contributed by atoms with Crippen molar-refractivity contribution in [3.8, 4) is 6.07 Å². The topological polar surface area (TPSA) is 44.0 Å². The van der Waals surface area contributed by atoms with E-state index in [1.807, 2.05) is 0 Å². The predicted octanol–water partition coefficient (Wildman–Crippen LogP) is 4.67. The first-order valence-corrected chi connectivity index (χ1v) is 8.37. The van der Waals surface area contributed by atoms with Gasteiger partial charge in [0.2, 0.25) is 0 Å². The molecule has 0 aliphatic heterocycles. The molecule has 1 N–H and O–H groups in total. The highest BCUT2D eigenvalue weighted by molar-refractivity contribution is 5.14. The van der Waals surface area contributed by atoms with Crippen LogP contribution in [-0.2, 0) is 0 Å². The SMILES string of the molecule is CC(C)C1CCC(C#N)(C2(O)CCC(C)(C)CC2)CC1. The van der Waals surface area contributed by atoms with E-state index in [-0.39, 0.29) is 0 Å².